The van der Waals surface area contributed by atoms with Gasteiger partial charge >= 0.3 is 0 Å². The Balaban J connectivity index is 1.38. The molecular weight excluding hydrogens is 378 g/mol. The van der Waals surface area contributed by atoms with Gasteiger partial charge in [0.2, 0.25) is 5.91 Å². The predicted molar refractivity (Wildman–Crippen MR) is 119 cm³/mol. The predicted octanol–water partition coefficient (Wildman–Crippen LogP) is 1.96. The maximum Gasteiger partial charge on any atom is 0.268 e. The summed E-state index contributed by atoms with van der Waals surface area (Å²) in [5.41, 5.74) is 4.52. The Hall–Kier alpha value is -2.83. The van der Waals surface area contributed by atoms with E-state index in [9.17, 15) is 9.59 Å². The van der Waals surface area contributed by atoms with Gasteiger partial charge in [0.25, 0.3) is 5.56 Å². The van der Waals surface area contributed by atoms with E-state index in [-0.39, 0.29) is 17.4 Å². The van der Waals surface area contributed by atoms with Crippen LogP contribution in [0.5, 0.6) is 0 Å². The van der Waals surface area contributed by atoms with Crippen LogP contribution in [0.2, 0.25) is 0 Å². The zero-order valence-electron chi connectivity index (χ0n) is 18.2. The molecule has 1 atom stereocenters. The van der Waals surface area contributed by atoms with E-state index in [2.05, 4.69) is 46.9 Å². The summed E-state index contributed by atoms with van der Waals surface area (Å²) in [4.78, 5) is 31.7. The molecule has 30 heavy (non-hydrogen) atoms. The maximum absolute atomic E-state index is 13.2. The number of piperidine rings is 1. The Morgan fingerprint density at radius 1 is 1.03 bits per heavy atom. The fraction of sp³-hybridized carbons (Fsp3) is 0.522. The van der Waals surface area contributed by atoms with E-state index in [1.165, 1.54) is 21.5 Å². The van der Waals surface area contributed by atoms with Crippen LogP contribution >= 0.6 is 0 Å². The first-order valence-corrected chi connectivity index (χ1v) is 10.8. The van der Waals surface area contributed by atoms with Crippen LogP contribution < -0.4 is 15.4 Å². The number of carbonyl (C=O) groups is 1. The standard InChI is InChI=1S/C23H31N5O2/c1-17-6-7-18(2)21(13-17)26-9-11-27(12-10-26)23(30)19-5-4-8-28(16-19)20-14-22(29)25(3)24-15-20/h6-7,13-15,19H,4-5,8-12,16H2,1-3H3/t19-/m0/s1. The number of piperazine rings is 1. The van der Waals surface area contributed by atoms with Crippen molar-refractivity contribution in [1.82, 2.24) is 14.7 Å². The van der Waals surface area contributed by atoms with Gasteiger partial charge in [-0.3, -0.25) is 9.59 Å². The second kappa shape index (κ2) is 8.50. The summed E-state index contributed by atoms with van der Waals surface area (Å²) >= 11 is 0. The van der Waals surface area contributed by atoms with Crippen LogP contribution in [0.25, 0.3) is 0 Å². The SMILES string of the molecule is Cc1ccc(C)c(N2CCN(C(=O)[C@H]3CCCN(c4cnn(C)c(=O)c4)C3)CC2)c1. The van der Waals surface area contributed by atoms with Crippen LogP contribution in [0.3, 0.4) is 0 Å². The monoisotopic (exact) mass is 409 g/mol. The number of hydrogen-bond acceptors (Lipinski definition) is 5. The molecule has 0 spiro atoms. The number of benzene rings is 1. The van der Waals surface area contributed by atoms with E-state index in [4.69, 9.17) is 0 Å². The number of rotatable bonds is 3. The summed E-state index contributed by atoms with van der Waals surface area (Å²) in [5, 5.41) is 4.13. The maximum atomic E-state index is 13.2. The third-order valence-corrected chi connectivity index (χ3v) is 6.39. The van der Waals surface area contributed by atoms with E-state index < -0.39 is 0 Å². The molecule has 0 aliphatic carbocycles. The molecule has 0 N–H and O–H groups in total. The molecule has 2 saturated heterocycles. The number of nitrogens with zero attached hydrogens (tertiary/aromatic N) is 5. The molecule has 1 aromatic heterocycles. The largest absolute Gasteiger partial charge is 0.369 e. The molecule has 0 bridgehead atoms. The summed E-state index contributed by atoms with van der Waals surface area (Å²) in [5.74, 6) is 0.229. The van der Waals surface area contributed by atoms with Gasteiger partial charge in [0.15, 0.2) is 0 Å². The summed E-state index contributed by atoms with van der Waals surface area (Å²) in [6.45, 7) is 9.04. The van der Waals surface area contributed by atoms with E-state index in [0.29, 0.717) is 6.54 Å². The first-order chi connectivity index (χ1) is 14.4. The van der Waals surface area contributed by atoms with Gasteiger partial charge in [-0.25, -0.2) is 4.68 Å². The van der Waals surface area contributed by atoms with Crippen molar-refractivity contribution in [3.63, 3.8) is 0 Å². The van der Waals surface area contributed by atoms with Gasteiger partial charge in [-0.1, -0.05) is 12.1 Å². The zero-order valence-corrected chi connectivity index (χ0v) is 18.2. The van der Waals surface area contributed by atoms with Crippen molar-refractivity contribution < 1.29 is 4.79 Å². The molecule has 2 aromatic rings. The van der Waals surface area contributed by atoms with Crippen molar-refractivity contribution in [2.45, 2.75) is 26.7 Å². The first-order valence-electron chi connectivity index (χ1n) is 10.8. The molecule has 0 saturated carbocycles. The van der Waals surface area contributed by atoms with Gasteiger partial charge in [0.1, 0.15) is 0 Å². The Bertz CT molecular complexity index is 978. The number of amides is 1. The molecule has 0 radical (unpaired) electrons. The van der Waals surface area contributed by atoms with Crippen molar-refractivity contribution in [3.8, 4) is 0 Å². The summed E-state index contributed by atoms with van der Waals surface area (Å²) in [7, 11) is 1.65. The molecule has 3 heterocycles. The highest BCUT2D eigenvalue weighted by atomic mass is 16.2. The highest BCUT2D eigenvalue weighted by Gasteiger charge is 2.31. The van der Waals surface area contributed by atoms with Gasteiger partial charge in [0, 0.05) is 58.1 Å². The molecule has 2 aliphatic heterocycles. The van der Waals surface area contributed by atoms with Crippen LogP contribution in [-0.2, 0) is 11.8 Å². The Labute approximate surface area is 177 Å². The second-order valence-corrected chi connectivity index (χ2v) is 8.56. The summed E-state index contributed by atoms with van der Waals surface area (Å²) < 4.78 is 1.32. The van der Waals surface area contributed by atoms with Crippen molar-refractivity contribution >= 4 is 17.3 Å². The van der Waals surface area contributed by atoms with Crippen LogP contribution in [0.15, 0.2) is 35.3 Å². The third-order valence-electron chi connectivity index (χ3n) is 6.39. The number of aromatic nitrogens is 2. The minimum absolute atomic E-state index is 0.0185. The minimum Gasteiger partial charge on any atom is -0.369 e. The van der Waals surface area contributed by atoms with Gasteiger partial charge in [0.05, 0.1) is 17.8 Å². The Kier molecular flexibility index (Phi) is 5.79. The summed E-state index contributed by atoms with van der Waals surface area (Å²) in [6, 6.07) is 8.17. The number of carbonyl (C=O) groups excluding carboxylic acids is 1. The van der Waals surface area contributed by atoms with Crippen molar-refractivity contribution in [2.24, 2.45) is 13.0 Å². The van der Waals surface area contributed by atoms with E-state index in [1.54, 1.807) is 19.3 Å². The second-order valence-electron chi connectivity index (χ2n) is 8.56. The number of hydrogen-bond donors (Lipinski definition) is 0. The van der Waals surface area contributed by atoms with Crippen LogP contribution in [0.1, 0.15) is 24.0 Å². The molecule has 2 fully saturated rings. The van der Waals surface area contributed by atoms with E-state index in [1.807, 2.05) is 4.90 Å². The molecule has 4 rings (SSSR count). The van der Waals surface area contributed by atoms with Gasteiger partial charge in [-0.15, -0.1) is 0 Å². The average molecular weight is 410 g/mol. The lowest BCUT2D eigenvalue weighted by atomic mass is 9.95. The summed E-state index contributed by atoms with van der Waals surface area (Å²) in [6.07, 6.45) is 3.58. The lowest BCUT2D eigenvalue weighted by Gasteiger charge is -2.40. The third kappa shape index (κ3) is 4.20. The number of aryl methyl sites for hydroxylation is 3. The number of anilines is 2. The first kappa shape index (κ1) is 20.4. The topological polar surface area (TPSA) is 61.7 Å². The van der Waals surface area contributed by atoms with Crippen molar-refractivity contribution in [1.29, 1.82) is 0 Å². The molecular formula is C23H31N5O2. The smallest absolute Gasteiger partial charge is 0.268 e. The van der Waals surface area contributed by atoms with Crippen LogP contribution in [0, 0.1) is 19.8 Å². The molecule has 7 nitrogen and oxygen atoms in total. The van der Waals surface area contributed by atoms with Crippen molar-refractivity contribution in [2.75, 3.05) is 49.1 Å². The van der Waals surface area contributed by atoms with E-state index >= 15 is 0 Å². The lowest BCUT2D eigenvalue weighted by Crippen LogP contribution is -2.52. The van der Waals surface area contributed by atoms with E-state index in [0.717, 1.165) is 51.3 Å². The highest BCUT2D eigenvalue weighted by Crippen LogP contribution is 2.26. The molecule has 160 valence electrons. The minimum atomic E-state index is -0.122. The van der Waals surface area contributed by atoms with Gasteiger partial charge in [-0.05, 0) is 43.9 Å². The van der Waals surface area contributed by atoms with Crippen molar-refractivity contribution in [3.05, 3.63) is 51.9 Å². The Morgan fingerprint density at radius 3 is 2.53 bits per heavy atom. The highest BCUT2D eigenvalue weighted by molar-refractivity contribution is 5.80. The molecule has 0 unspecified atom stereocenters. The zero-order chi connectivity index (χ0) is 21.3. The quantitative estimate of drug-likeness (QED) is 0.776. The normalized spacial score (nSPS) is 19.8. The Morgan fingerprint density at radius 2 is 1.80 bits per heavy atom. The fourth-order valence-corrected chi connectivity index (χ4v) is 4.53. The molecule has 7 heteroatoms. The van der Waals surface area contributed by atoms with Gasteiger partial charge in [-0.2, -0.15) is 5.10 Å². The molecule has 1 amide bonds. The molecule has 1 aromatic carbocycles. The van der Waals surface area contributed by atoms with Crippen LogP contribution in [-0.4, -0.2) is 59.9 Å². The van der Waals surface area contributed by atoms with Crippen LogP contribution in [0.4, 0.5) is 11.4 Å². The fourth-order valence-electron chi connectivity index (χ4n) is 4.53. The average Bonchev–Trinajstić information content (AvgIpc) is 2.77. The lowest BCUT2D eigenvalue weighted by molar-refractivity contribution is -0.136. The molecule has 2 aliphatic rings. The van der Waals surface area contributed by atoms with Gasteiger partial charge < -0.3 is 14.7 Å².